The molecule has 108 valence electrons. The molecule has 0 amide bonds. The molecule has 4 rings (SSSR count). The summed E-state index contributed by atoms with van der Waals surface area (Å²) in [6.07, 6.45) is 2.92. The van der Waals surface area contributed by atoms with Gasteiger partial charge in [0.05, 0.1) is 0 Å². The van der Waals surface area contributed by atoms with Crippen LogP contribution in [-0.2, 0) is 0 Å². The fraction of sp³-hybridized carbons (Fsp3) is 0.647. The number of hydrogen-bond acceptors (Lipinski definition) is 3. The van der Waals surface area contributed by atoms with Gasteiger partial charge in [-0.15, -0.1) is 0 Å². The van der Waals surface area contributed by atoms with Crippen molar-refractivity contribution >= 4 is 5.69 Å². The highest BCUT2D eigenvalue weighted by Gasteiger charge is 2.52. The average molecular weight is 271 g/mol. The summed E-state index contributed by atoms with van der Waals surface area (Å²) >= 11 is 0. The Morgan fingerprint density at radius 2 is 1.75 bits per heavy atom. The van der Waals surface area contributed by atoms with Crippen LogP contribution in [0.3, 0.4) is 0 Å². The third-order valence-electron chi connectivity index (χ3n) is 5.34. The maximum atomic E-state index is 3.44. The normalized spacial score (nSPS) is 26.3. The van der Waals surface area contributed by atoms with Crippen molar-refractivity contribution in [2.24, 2.45) is 11.3 Å². The minimum absolute atomic E-state index is 0.675. The molecular formula is C17H25N3. The smallest absolute Gasteiger partial charge is 0.0366 e. The van der Waals surface area contributed by atoms with E-state index in [-0.39, 0.29) is 0 Å². The highest BCUT2D eigenvalue weighted by molar-refractivity contribution is 5.50. The Morgan fingerprint density at radius 3 is 2.45 bits per heavy atom. The molecule has 3 heteroatoms. The number of nitrogens with zero attached hydrogens (tertiary/aromatic N) is 2. The Balaban J connectivity index is 1.24. The number of hydrogen-bond donors (Lipinski definition) is 1. The van der Waals surface area contributed by atoms with E-state index >= 15 is 0 Å². The molecule has 2 heterocycles. The van der Waals surface area contributed by atoms with E-state index < -0.39 is 0 Å². The van der Waals surface area contributed by atoms with E-state index in [1.165, 1.54) is 64.3 Å². The predicted molar refractivity (Wildman–Crippen MR) is 83.1 cm³/mol. The fourth-order valence-corrected chi connectivity index (χ4v) is 4.40. The van der Waals surface area contributed by atoms with Gasteiger partial charge in [-0.05, 0) is 30.9 Å². The van der Waals surface area contributed by atoms with E-state index in [1.807, 2.05) is 0 Å². The van der Waals surface area contributed by atoms with Crippen LogP contribution >= 0.6 is 0 Å². The van der Waals surface area contributed by atoms with Crippen LogP contribution in [0.15, 0.2) is 30.3 Å². The van der Waals surface area contributed by atoms with Crippen LogP contribution in [0.25, 0.3) is 0 Å². The summed E-state index contributed by atoms with van der Waals surface area (Å²) in [4.78, 5) is 5.20. The van der Waals surface area contributed by atoms with Gasteiger partial charge < -0.3 is 15.1 Å². The standard InChI is InChI=1S/C17H25N3/c1-2-4-16(5-3-1)20-13-17(14-20)10-15(11-17)12-19-8-6-18-7-9-19/h1-5,15,18H,6-14H2. The number of nitrogens with one attached hydrogen (secondary N) is 1. The molecule has 0 atom stereocenters. The molecule has 1 saturated carbocycles. The minimum Gasteiger partial charge on any atom is -0.370 e. The first-order chi connectivity index (χ1) is 9.83. The maximum absolute atomic E-state index is 3.44. The summed E-state index contributed by atoms with van der Waals surface area (Å²) in [7, 11) is 0. The van der Waals surface area contributed by atoms with Gasteiger partial charge in [0, 0.05) is 56.9 Å². The Hall–Kier alpha value is -1.06. The minimum atomic E-state index is 0.675. The molecule has 3 aliphatic rings. The lowest BCUT2D eigenvalue weighted by Crippen LogP contribution is -2.63. The van der Waals surface area contributed by atoms with Crippen molar-refractivity contribution in [1.29, 1.82) is 0 Å². The Morgan fingerprint density at radius 1 is 1.05 bits per heavy atom. The van der Waals surface area contributed by atoms with Crippen molar-refractivity contribution in [2.75, 3.05) is 50.7 Å². The van der Waals surface area contributed by atoms with Crippen LogP contribution in [-0.4, -0.2) is 50.7 Å². The molecule has 2 aliphatic heterocycles. The average Bonchev–Trinajstić information content (AvgIpc) is 2.42. The molecule has 1 aliphatic carbocycles. The van der Waals surface area contributed by atoms with E-state index in [1.54, 1.807) is 0 Å². The van der Waals surface area contributed by atoms with Crippen molar-refractivity contribution in [3.63, 3.8) is 0 Å². The highest BCUT2D eigenvalue weighted by Crippen LogP contribution is 2.52. The first-order valence-corrected chi connectivity index (χ1v) is 8.06. The molecule has 0 aromatic heterocycles. The van der Waals surface area contributed by atoms with Gasteiger partial charge in [0.15, 0.2) is 0 Å². The Labute approximate surface area is 121 Å². The summed E-state index contributed by atoms with van der Waals surface area (Å²) in [5, 5.41) is 3.44. The zero-order valence-electron chi connectivity index (χ0n) is 12.2. The molecule has 1 aromatic rings. The molecule has 0 radical (unpaired) electrons. The second kappa shape index (κ2) is 5.05. The summed E-state index contributed by atoms with van der Waals surface area (Å²) in [5.74, 6) is 0.964. The molecule has 3 fully saturated rings. The van der Waals surface area contributed by atoms with Crippen LogP contribution in [0.1, 0.15) is 12.8 Å². The topological polar surface area (TPSA) is 18.5 Å². The summed E-state index contributed by atoms with van der Waals surface area (Å²) in [6.45, 7) is 8.78. The zero-order chi connectivity index (χ0) is 13.4. The molecule has 1 spiro atoms. The van der Waals surface area contributed by atoms with Crippen molar-refractivity contribution in [2.45, 2.75) is 12.8 Å². The molecule has 0 bridgehead atoms. The second-order valence-electron chi connectivity index (χ2n) is 7.02. The van der Waals surface area contributed by atoms with Crippen molar-refractivity contribution < 1.29 is 0 Å². The first kappa shape index (κ1) is 12.7. The van der Waals surface area contributed by atoms with Crippen molar-refractivity contribution in [3.05, 3.63) is 30.3 Å². The van der Waals surface area contributed by atoms with E-state index in [2.05, 4.69) is 45.4 Å². The van der Waals surface area contributed by atoms with Gasteiger partial charge in [0.2, 0.25) is 0 Å². The molecule has 3 nitrogen and oxygen atoms in total. The van der Waals surface area contributed by atoms with Gasteiger partial charge in [-0.2, -0.15) is 0 Å². The largest absolute Gasteiger partial charge is 0.370 e. The third-order valence-corrected chi connectivity index (χ3v) is 5.34. The highest BCUT2D eigenvalue weighted by atomic mass is 15.2. The van der Waals surface area contributed by atoms with E-state index in [4.69, 9.17) is 0 Å². The van der Waals surface area contributed by atoms with Gasteiger partial charge >= 0.3 is 0 Å². The summed E-state index contributed by atoms with van der Waals surface area (Å²) in [5.41, 5.74) is 2.08. The Bertz CT molecular complexity index is 439. The monoisotopic (exact) mass is 271 g/mol. The number of para-hydroxylation sites is 1. The zero-order valence-corrected chi connectivity index (χ0v) is 12.2. The first-order valence-electron chi connectivity index (χ1n) is 8.06. The van der Waals surface area contributed by atoms with Gasteiger partial charge in [0.1, 0.15) is 0 Å². The van der Waals surface area contributed by atoms with Crippen molar-refractivity contribution in [1.82, 2.24) is 10.2 Å². The summed E-state index contributed by atoms with van der Waals surface area (Å²) < 4.78 is 0. The lowest BCUT2D eigenvalue weighted by atomic mass is 9.57. The van der Waals surface area contributed by atoms with E-state index in [9.17, 15) is 0 Å². The number of rotatable bonds is 3. The van der Waals surface area contributed by atoms with Crippen LogP contribution < -0.4 is 10.2 Å². The van der Waals surface area contributed by atoms with Gasteiger partial charge in [-0.25, -0.2) is 0 Å². The lowest BCUT2D eigenvalue weighted by Gasteiger charge is -2.60. The molecule has 2 saturated heterocycles. The van der Waals surface area contributed by atoms with Crippen LogP contribution in [0, 0.1) is 11.3 Å². The van der Waals surface area contributed by atoms with Crippen LogP contribution in [0.2, 0.25) is 0 Å². The quantitative estimate of drug-likeness (QED) is 0.904. The lowest BCUT2D eigenvalue weighted by molar-refractivity contribution is 0.00230. The third kappa shape index (κ3) is 2.33. The summed E-state index contributed by atoms with van der Waals surface area (Å²) in [6, 6.07) is 10.9. The molecule has 1 N–H and O–H groups in total. The predicted octanol–water partition coefficient (Wildman–Crippen LogP) is 1.81. The maximum Gasteiger partial charge on any atom is 0.0366 e. The molecule has 0 unspecified atom stereocenters. The van der Waals surface area contributed by atoms with Crippen LogP contribution in [0.4, 0.5) is 5.69 Å². The molecule has 1 aromatic carbocycles. The van der Waals surface area contributed by atoms with E-state index in [0.29, 0.717) is 5.41 Å². The SMILES string of the molecule is c1ccc(N2CC3(CC(CN4CCNCC4)C3)C2)cc1. The number of piperazine rings is 1. The number of anilines is 1. The van der Waals surface area contributed by atoms with E-state index in [0.717, 1.165) is 5.92 Å². The van der Waals surface area contributed by atoms with Gasteiger partial charge in [-0.1, -0.05) is 18.2 Å². The number of benzene rings is 1. The van der Waals surface area contributed by atoms with Crippen LogP contribution in [0.5, 0.6) is 0 Å². The van der Waals surface area contributed by atoms with Gasteiger partial charge in [-0.3, -0.25) is 0 Å². The fourth-order valence-electron chi connectivity index (χ4n) is 4.40. The Kier molecular flexibility index (Phi) is 3.20. The second-order valence-corrected chi connectivity index (χ2v) is 7.02. The molecule has 20 heavy (non-hydrogen) atoms. The van der Waals surface area contributed by atoms with Crippen molar-refractivity contribution in [3.8, 4) is 0 Å². The molecular weight excluding hydrogens is 246 g/mol. The van der Waals surface area contributed by atoms with Gasteiger partial charge in [0.25, 0.3) is 0 Å².